The van der Waals surface area contributed by atoms with Gasteiger partial charge in [-0.2, -0.15) is 4.52 Å². The van der Waals surface area contributed by atoms with Crippen LogP contribution in [0.5, 0.6) is 0 Å². The first-order valence-corrected chi connectivity index (χ1v) is 8.09. The van der Waals surface area contributed by atoms with Gasteiger partial charge in [-0.15, -0.1) is 5.10 Å². The van der Waals surface area contributed by atoms with Gasteiger partial charge in [0, 0.05) is 32.4 Å². The summed E-state index contributed by atoms with van der Waals surface area (Å²) in [5.41, 5.74) is 1.42. The van der Waals surface area contributed by atoms with Crippen LogP contribution in [-0.2, 0) is 0 Å². The second kappa shape index (κ2) is 6.34. The lowest BCUT2D eigenvalue weighted by Crippen LogP contribution is -2.50. The lowest BCUT2D eigenvalue weighted by atomic mass is 10.3. The fraction of sp³-hybridized carbons (Fsp3) is 0.312. The van der Waals surface area contributed by atoms with Crippen LogP contribution in [0.15, 0.2) is 36.9 Å². The molecule has 0 saturated carbocycles. The van der Waals surface area contributed by atoms with Gasteiger partial charge in [0.1, 0.15) is 5.82 Å². The Labute approximate surface area is 144 Å². The van der Waals surface area contributed by atoms with Gasteiger partial charge >= 0.3 is 6.03 Å². The van der Waals surface area contributed by atoms with E-state index in [1.165, 1.54) is 0 Å². The first-order valence-electron chi connectivity index (χ1n) is 8.09. The van der Waals surface area contributed by atoms with Gasteiger partial charge in [0.15, 0.2) is 11.5 Å². The third kappa shape index (κ3) is 3.08. The molecule has 0 spiro atoms. The number of carbonyl (C=O) groups is 1. The van der Waals surface area contributed by atoms with Crippen LogP contribution >= 0.6 is 0 Å². The Bertz CT molecular complexity index is 886. The summed E-state index contributed by atoms with van der Waals surface area (Å²) in [6, 6.07) is 3.50. The van der Waals surface area contributed by atoms with Crippen LogP contribution in [0.1, 0.15) is 5.82 Å². The molecule has 0 aliphatic carbocycles. The summed E-state index contributed by atoms with van der Waals surface area (Å²) in [5.74, 6) is 1.61. The van der Waals surface area contributed by atoms with E-state index in [1.807, 2.05) is 13.0 Å². The van der Waals surface area contributed by atoms with Gasteiger partial charge < -0.3 is 15.1 Å². The molecule has 0 atom stereocenters. The number of hydrogen-bond donors (Lipinski definition) is 1. The maximum atomic E-state index is 12.4. The van der Waals surface area contributed by atoms with Crippen molar-refractivity contribution in [2.75, 3.05) is 36.4 Å². The van der Waals surface area contributed by atoms with E-state index in [4.69, 9.17) is 0 Å². The van der Waals surface area contributed by atoms with Crippen molar-refractivity contribution in [3.63, 3.8) is 0 Å². The third-order valence-electron chi connectivity index (χ3n) is 4.14. The highest BCUT2D eigenvalue weighted by molar-refractivity contribution is 5.89. The number of carbonyl (C=O) groups excluding carboxylic acids is 1. The normalized spacial score (nSPS) is 14.8. The number of urea groups is 1. The molecule has 0 bridgehead atoms. The second-order valence-electron chi connectivity index (χ2n) is 5.84. The number of rotatable bonds is 2. The molecule has 9 nitrogen and oxygen atoms in total. The number of amides is 2. The number of hydrogen-bond acceptors (Lipinski definition) is 6. The van der Waals surface area contributed by atoms with Crippen LogP contribution in [0, 0.1) is 6.92 Å². The molecule has 2 amide bonds. The van der Waals surface area contributed by atoms with Crippen molar-refractivity contribution in [1.82, 2.24) is 29.5 Å². The highest BCUT2D eigenvalue weighted by Gasteiger charge is 2.23. The largest absolute Gasteiger partial charge is 0.352 e. The van der Waals surface area contributed by atoms with Gasteiger partial charge in [-0.05, 0) is 19.1 Å². The van der Waals surface area contributed by atoms with E-state index in [2.05, 4.69) is 30.3 Å². The molecule has 1 N–H and O–H groups in total. The Kier molecular flexibility index (Phi) is 3.88. The SMILES string of the molecule is Cc1nc2cncc(N3CCN(C(=O)Nc4cccnc4)CC3)n2n1. The number of piperazine rings is 1. The van der Waals surface area contributed by atoms with Crippen molar-refractivity contribution in [3.8, 4) is 0 Å². The molecule has 1 saturated heterocycles. The van der Waals surface area contributed by atoms with E-state index in [0.717, 1.165) is 11.5 Å². The summed E-state index contributed by atoms with van der Waals surface area (Å²) in [6.07, 6.45) is 6.79. The monoisotopic (exact) mass is 338 g/mol. The molecule has 9 heteroatoms. The number of pyridine rings is 1. The third-order valence-corrected chi connectivity index (χ3v) is 4.14. The van der Waals surface area contributed by atoms with Crippen LogP contribution in [0.2, 0.25) is 0 Å². The summed E-state index contributed by atoms with van der Waals surface area (Å²) in [6.45, 7) is 4.52. The van der Waals surface area contributed by atoms with E-state index < -0.39 is 0 Å². The molecule has 0 unspecified atom stereocenters. The molecule has 3 aromatic heterocycles. The standard InChI is InChI=1S/C16H18N8O/c1-12-19-14-10-18-11-15(24(14)21-12)22-5-7-23(8-6-22)16(25)20-13-3-2-4-17-9-13/h2-4,9-11H,5-8H2,1H3,(H,20,25). The smallest absolute Gasteiger partial charge is 0.322 e. The summed E-state index contributed by atoms with van der Waals surface area (Å²) < 4.78 is 1.80. The quantitative estimate of drug-likeness (QED) is 0.754. The molecule has 128 valence electrons. The van der Waals surface area contributed by atoms with Gasteiger partial charge in [-0.1, -0.05) is 0 Å². The average molecular weight is 338 g/mol. The molecule has 1 aliphatic rings. The zero-order valence-corrected chi connectivity index (χ0v) is 13.8. The summed E-state index contributed by atoms with van der Waals surface area (Å²) in [7, 11) is 0. The average Bonchev–Trinajstić information content (AvgIpc) is 3.03. The minimum Gasteiger partial charge on any atom is -0.352 e. The molecule has 3 aromatic rings. The van der Waals surface area contributed by atoms with Crippen molar-refractivity contribution in [2.24, 2.45) is 0 Å². The first-order chi connectivity index (χ1) is 12.2. The molecular formula is C16H18N8O. The molecule has 1 fully saturated rings. The molecule has 0 aromatic carbocycles. The van der Waals surface area contributed by atoms with E-state index in [0.29, 0.717) is 37.7 Å². The van der Waals surface area contributed by atoms with Crippen molar-refractivity contribution in [1.29, 1.82) is 0 Å². The lowest BCUT2D eigenvalue weighted by Gasteiger charge is -2.35. The Balaban J connectivity index is 1.43. The van der Waals surface area contributed by atoms with Gasteiger partial charge in [0.05, 0.1) is 24.3 Å². The van der Waals surface area contributed by atoms with Crippen molar-refractivity contribution < 1.29 is 4.79 Å². The zero-order chi connectivity index (χ0) is 17.2. The van der Waals surface area contributed by atoms with E-state index in [-0.39, 0.29) is 6.03 Å². The number of nitrogens with zero attached hydrogens (tertiary/aromatic N) is 7. The molecule has 4 rings (SSSR count). The lowest BCUT2D eigenvalue weighted by molar-refractivity contribution is 0.208. The van der Waals surface area contributed by atoms with Gasteiger partial charge in [-0.25, -0.2) is 9.78 Å². The molecular weight excluding hydrogens is 320 g/mol. The van der Waals surface area contributed by atoms with Crippen LogP contribution in [0.3, 0.4) is 0 Å². The fourth-order valence-electron chi connectivity index (χ4n) is 2.90. The predicted octanol–water partition coefficient (Wildman–Crippen LogP) is 1.18. The van der Waals surface area contributed by atoms with Crippen molar-refractivity contribution >= 4 is 23.2 Å². The maximum absolute atomic E-state index is 12.4. The van der Waals surface area contributed by atoms with Crippen LogP contribution in [0.25, 0.3) is 5.65 Å². The fourth-order valence-corrected chi connectivity index (χ4v) is 2.90. The van der Waals surface area contributed by atoms with Crippen LogP contribution < -0.4 is 10.2 Å². The number of fused-ring (bicyclic) bond motifs is 1. The Morgan fingerprint density at radius 2 is 1.96 bits per heavy atom. The second-order valence-corrected chi connectivity index (χ2v) is 5.84. The first kappa shape index (κ1) is 15.3. The van der Waals surface area contributed by atoms with Gasteiger partial charge in [0.25, 0.3) is 0 Å². The van der Waals surface area contributed by atoms with Crippen molar-refractivity contribution in [2.45, 2.75) is 6.92 Å². The number of anilines is 2. The van der Waals surface area contributed by atoms with Crippen LogP contribution in [0.4, 0.5) is 16.3 Å². The van der Waals surface area contributed by atoms with Crippen LogP contribution in [-0.4, -0.2) is 61.7 Å². The Morgan fingerprint density at radius 3 is 2.72 bits per heavy atom. The minimum atomic E-state index is -0.111. The van der Waals surface area contributed by atoms with Gasteiger partial charge in [-0.3, -0.25) is 9.97 Å². The number of nitrogens with one attached hydrogen (secondary N) is 1. The molecule has 1 aliphatic heterocycles. The topological polar surface area (TPSA) is 91.5 Å². The zero-order valence-electron chi connectivity index (χ0n) is 13.8. The minimum absolute atomic E-state index is 0.111. The molecule has 25 heavy (non-hydrogen) atoms. The van der Waals surface area contributed by atoms with E-state index in [9.17, 15) is 4.79 Å². The maximum Gasteiger partial charge on any atom is 0.322 e. The van der Waals surface area contributed by atoms with E-state index >= 15 is 0 Å². The number of aromatic nitrogens is 5. The summed E-state index contributed by atoms with van der Waals surface area (Å²) in [4.78, 5) is 28.9. The van der Waals surface area contributed by atoms with E-state index in [1.54, 1.807) is 40.3 Å². The van der Waals surface area contributed by atoms with Crippen molar-refractivity contribution in [3.05, 3.63) is 42.7 Å². The number of aryl methyl sites for hydroxylation is 1. The Morgan fingerprint density at radius 1 is 1.12 bits per heavy atom. The molecule has 4 heterocycles. The highest BCUT2D eigenvalue weighted by atomic mass is 16.2. The summed E-state index contributed by atoms with van der Waals surface area (Å²) in [5, 5.41) is 7.29. The molecule has 0 radical (unpaired) electrons. The summed E-state index contributed by atoms with van der Waals surface area (Å²) >= 11 is 0. The highest BCUT2D eigenvalue weighted by Crippen LogP contribution is 2.17. The predicted molar refractivity (Wildman–Crippen MR) is 92.6 cm³/mol. The van der Waals surface area contributed by atoms with Gasteiger partial charge in [0.2, 0.25) is 0 Å². The Hall–Kier alpha value is -3.23.